The fourth-order valence-electron chi connectivity index (χ4n) is 2.34. The third-order valence-electron chi connectivity index (χ3n) is 3.24. The third-order valence-corrected chi connectivity index (χ3v) is 3.24. The molecule has 2 aromatic heterocycles. The van der Waals surface area contributed by atoms with E-state index in [9.17, 15) is 0 Å². The zero-order chi connectivity index (χ0) is 12.2. The number of rotatable bonds is 4. The van der Waals surface area contributed by atoms with Crippen LogP contribution in [0, 0.1) is 0 Å². The first-order valence-electron chi connectivity index (χ1n) is 6.40. The summed E-state index contributed by atoms with van der Waals surface area (Å²) >= 11 is 0. The first-order valence-corrected chi connectivity index (χ1v) is 6.40. The highest BCUT2D eigenvalue weighted by Crippen LogP contribution is 2.11. The van der Waals surface area contributed by atoms with Crippen LogP contribution in [0.25, 0.3) is 0 Å². The number of aromatic nitrogens is 4. The average Bonchev–Trinajstić information content (AvgIpc) is 3.03. The summed E-state index contributed by atoms with van der Waals surface area (Å²) in [5.74, 6) is 0. The van der Waals surface area contributed by atoms with Crippen LogP contribution in [0.15, 0.2) is 30.7 Å². The minimum atomic E-state index is 0.737. The van der Waals surface area contributed by atoms with Crippen LogP contribution >= 0.6 is 0 Å². The lowest BCUT2D eigenvalue weighted by Crippen LogP contribution is -2.18. The molecule has 5 heteroatoms. The second kappa shape index (κ2) is 5.27. The SMILES string of the molecule is c1cncc(Cn2cc(CN3CCCC3)nn2)c1. The summed E-state index contributed by atoms with van der Waals surface area (Å²) in [5, 5.41) is 8.39. The molecule has 0 unspecified atom stereocenters. The van der Waals surface area contributed by atoms with E-state index in [0.29, 0.717) is 0 Å². The number of hydrogen-bond acceptors (Lipinski definition) is 4. The number of nitrogens with zero attached hydrogens (tertiary/aromatic N) is 5. The van der Waals surface area contributed by atoms with Gasteiger partial charge in [-0.1, -0.05) is 11.3 Å². The van der Waals surface area contributed by atoms with Crippen molar-refractivity contribution >= 4 is 0 Å². The molecule has 1 aliphatic heterocycles. The highest BCUT2D eigenvalue weighted by atomic mass is 15.4. The number of hydrogen-bond donors (Lipinski definition) is 0. The van der Waals surface area contributed by atoms with Gasteiger partial charge in [0.25, 0.3) is 0 Å². The molecular weight excluding hydrogens is 226 g/mol. The van der Waals surface area contributed by atoms with Gasteiger partial charge in [-0.25, -0.2) is 4.68 Å². The smallest absolute Gasteiger partial charge is 0.0967 e. The molecule has 1 saturated heterocycles. The van der Waals surface area contributed by atoms with E-state index < -0.39 is 0 Å². The van der Waals surface area contributed by atoms with Gasteiger partial charge in [0.2, 0.25) is 0 Å². The Labute approximate surface area is 106 Å². The summed E-state index contributed by atoms with van der Waals surface area (Å²) < 4.78 is 1.88. The van der Waals surface area contributed by atoms with Crippen LogP contribution in [0.1, 0.15) is 24.1 Å². The summed E-state index contributed by atoms with van der Waals surface area (Å²) in [6.07, 6.45) is 8.30. The van der Waals surface area contributed by atoms with Crippen molar-refractivity contribution in [1.29, 1.82) is 0 Å². The van der Waals surface area contributed by atoms with Crippen molar-refractivity contribution in [3.05, 3.63) is 42.0 Å². The Balaban J connectivity index is 1.62. The maximum atomic E-state index is 4.23. The summed E-state index contributed by atoms with van der Waals surface area (Å²) in [7, 11) is 0. The van der Waals surface area contributed by atoms with Crippen molar-refractivity contribution in [3.63, 3.8) is 0 Å². The van der Waals surface area contributed by atoms with Crippen molar-refractivity contribution in [3.8, 4) is 0 Å². The van der Waals surface area contributed by atoms with Crippen LogP contribution < -0.4 is 0 Å². The molecule has 94 valence electrons. The van der Waals surface area contributed by atoms with Crippen LogP contribution in [-0.2, 0) is 13.1 Å². The molecule has 3 rings (SSSR count). The van der Waals surface area contributed by atoms with Crippen LogP contribution in [0.3, 0.4) is 0 Å². The molecule has 3 heterocycles. The molecule has 0 amide bonds. The highest BCUT2D eigenvalue weighted by Gasteiger charge is 2.13. The molecule has 0 atom stereocenters. The van der Waals surface area contributed by atoms with Gasteiger partial charge in [-0.05, 0) is 37.6 Å². The predicted molar refractivity (Wildman–Crippen MR) is 67.9 cm³/mol. The van der Waals surface area contributed by atoms with Crippen LogP contribution in [-0.4, -0.2) is 38.0 Å². The largest absolute Gasteiger partial charge is 0.297 e. The van der Waals surface area contributed by atoms with Gasteiger partial charge >= 0.3 is 0 Å². The van der Waals surface area contributed by atoms with E-state index in [1.165, 1.54) is 25.9 Å². The first kappa shape index (κ1) is 11.3. The normalized spacial score (nSPS) is 16.2. The van der Waals surface area contributed by atoms with Crippen molar-refractivity contribution in [2.75, 3.05) is 13.1 Å². The van der Waals surface area contributed by atoms with Gasteiger partial charge in [0.1, 0.15) is 0 Å². The molecule has 2 aromatic rings. The molecule has 0 spiro atoms. The van der Waals surface area contributed by atoms with Gasteiger partial charge in [-0.2, -0.15) is 0 Å². The Morgan fingerprint density at radius 1 is 1.17 bits per heavy atom. The fourth-order valence-corrected chi connectivity index (χ4v) is 2.34. The van der Waals surface area contributed by atoms with Crippen molar-refractivity contribution in [1.82, 2.24) is 24.9 Å². The molecule has 1 aliphatic rings. The Morgan fingerprint density at radius 3 is 2.83 bits per heavy atom. The summed E-state index contributed by atoms with van der Waals surface area (Å²) in [6, 6.07) is 3.99. The number of likely N-dealkylation sites (tertiary alicyclic amines) is 1. The lowest BCUT2D eigenvalue weighted by atomic mass is 10.3. The van der Waals surface area contributed by atoms with E-state index in [1.54, 1.807) is 6.20 Å². The summed E-state index contributed by atoms with van der Waals surface area (Å²) in [6.45, 7) is 4.04. The van der Waals surface area contributed by atoms with Gasteiger partial charge in [-0.15, -0.1) is 5.10 Å². The third kappa shape index (κ3) is 2.73. The number of pyridine rings is 1. The van der Waals surface area contributed by atoms with Crippen LogP contribution in [0.5, 0.6) is 0 Å². The van der Waals surface area contributed by atoms with Gasteiger partial charge in [-0.3, -0.25) is 9.88 Å². The zero-order valence-corrected chi connectivity index (χ0v) is 10.4. The molecule has 18 heavy (non-hydrogen) atoms. The maximum Gasteiger partial charge on any atom is 0.0967 e. The Hall–Kier alpha value is -1.75. The second-order valence-corrected chi connectivity index (χ2v) is 4.75. The first-order chi connectivity index (χ1) is 8.90. The zero-order valence-electron chi connectivity index (χ0n) is 10.4. The van der Waals surface area contributed by atoms with E-state index in [2.05, 4.69) is 26.3 Å². The standard InChI is InChI=1S/C13H17N5/c1-2-7-17(6-1)10-13-11-18(16-15-13)9-12-4-3-5-14-8-12/h3-5,8,11H,1-2,6-7,9-10H2. The Kier molecular flexibility index (Phi) is 3.32. The molecule has 0 aliphatic carbocycles. The van der Waals surface area contributed by atoms with E-state index in [4.69, 9.17) is 0 Å². The van der Waals surface area contributed by atoms with Crippen LogP contribution in [0.4, 0.5) is 0 Å². The quantitative estimate of drug-likeness (QED) is 0.812. The molecule has 1 fully saturated rings. The van der Waals surface area contributed by atoms with E-state index in [-0.39, 0.29) is 0 Å². The fraction of sp³-hybridized carbons (Fsp3) is 0.462. The van der Waals surface area contributed by atoms with Crippen molar-refractivity contribution in [2.45, 2.75) is 25.9 Å². The molecule has 0 N–H and O–H groups in total. The topological polar surface area (TPSA) is 46.8 Å². The van der Waals surface area contributed by atoms with Gasteiger partial charge in [0.05, 0.1) is 18.4 Å². The van der Waals surface area contributed by atoms with E-state index >= 15 is 0 Å². The maximum absolute atomic E-state index is 4.23. The minimum absolute atomic E-state index is 0.737. The Bertz CT molecular complexity index is 487. The van der Waals surface area contributed by atoms with Crippen molar-refractivity contribution < 1.29 is 0 Å². The molecule has 0 aromatic carbocycles. The predicted octanol–water partition coefficient (Wildman–Crippen LogP) is 1.32. The van der Waals surface area contributed by atoms with Gasteiger partial charge in [0, 0.05) is 18.9 Å². The van der Waals surface area contributed by atoms with Crippen LogP contribution in [0.2, 0.25) is 0 Å². The van der Waals surface area contributed by atoms with Crippen molar-refractivity contribution in [2.24, 2.45) is 0 Å². The molecular formula is C13H17N5. The van der Waals surface area contributed by atoms with E-state index in [1.807, 2.05) is 23.1 Å². The van der Waals surface area contributed by atoms with Gasteiger partial charge < -0.3 is 0 Å². The Morgan fingerprint density at radius 2 is 2.06 bits per heavy atom. The van der Waals surface area contributed by atoms with E-state index in [0.717, 1.165) is 24.3 Å². The summed E-state index contributed by atoms with van der Waals surface area (Å²) in [5.41, 5.74) is 2.20. The average molecular weight is 243 g/mol. The monoisotopic (exact) mass is 243 g/mol. The molecule has 0 radical (unpaired) electrons. The lowest BCUT2D eigenvalue weighted by molar-refractivity contribution is 0.327. The second-order valence-electron chi connectivity index (χ2n) is 4.75. The molecule has 5 nitrogen and oxygen atoms in total. The lowest BCUT2D eigenvalue weighted by Gasteiger charge is -2.11. The van der Waals surface area contributed by atoms with Gasteiger partial charge in [0.15, 0.2) is 0 Å². The molecule has 0 bridgehead atoms. The highest BCUT2D eigenvalue weighted by molar-refractivity contribution is 5.09. The molecule has 0 saturated carbocycles. The minimum Gasteiger partial charge on any atom is -0.297 e. The summed E-state index contributed by atoms with van der Waals surface area (Å²) in [4.78, 5) is 6.53.